The molecule has 82 valence electrons. The standard InChI is InChI=1S/C12H16FNO/c13-11-6-12(9-15)14(8-11)7-10-4-2-1-3-5-10/h1-5,11-12,15H,6-9H2/t11-,12+/m1/s1. The zero-order valence-corrected chi connectivity index (χ0v) is 8.64. The predicted octanol–water partition coefficient (Wildman–Crippen LogP) is 1.59. The van der Waals surface area contributed by atoms with Crippen molar-refractivity contribution in [3.05, 3.63) is 35.9 Å². The summed E-state index contributed by atoms with van der Waals surface area (Å²) in [6.07, 6.45) is -0.325. The maximum atomic E-state index is 13.2. The lowest BCUT2D eigenvalue weighted by molar-refractivity contribution is 0.153. The molecule has 0 radical (unpaired) electrons. The van der Waals surface area contributed by atoms with Gasteiger partial charge < -0.3 is 5.11 Å². The van der Waals surface area contributed by atoms with E-state index >= 15 is 0 Å². The molecule has 1 aromatic rings. The summed E-state index contributed by atoms with van der Waals surface area (Å²) in [5, 5.41) is 9.12. The maximum Gasteiger partial charge on any atom is 0.114 e. The molecule has 2 nitrogen and oxygen atoms in total. The van der Waals surface area contributed by atoms with Crippen LogP contribution in [0.3, 0.4) is 0 Å². The number of halogens is 1. The molecule has 1 N–H and O–H groups in total. The molecule has 0 amide bonds. The summed E-state index contributed by atoms with van der Waals surface area (Å²) in [6.45, 7) is 1.22. The Morgan fingerprint density at radius 2 is 2.07 bits per heavy atom. The van der Waals surface area contributed by atoms with E-state index in [9.17, 15) is 4.39 Å². The zero-order valence-electron chi connectivity index (χ0n) is 8.64. The molecule has 15 heavy (non-hydrogen) atoms. The van der Waals surface area contributed by atoms with Gasteiger partial charge in [0.15, 0.2) is 0 Å². The topological polar surface area (TPSA) is 23.5 Å². The Bertz CT molecular complexity index is 304. The molecule has 2 rings (SSSR count). The Morgan fingerprint density at radius 3 is 2.73 bits per heavy atom. The third-order valence-electron chi connectivity index (χ3n) is 2.92. The minimum Gasteiger partial charge on any atom is -0.395 e. The predicted molar refractivity (Wildman–Crippen MR) is 57.2 cm³/mol. The summed E-state index contributed by atoms with van der Waals surface area (Å²) in [4.78, 5) is 2.01. The molecule has 0 aromatic heterocycles. The first-order valence-corrected chi connectivity index (χ1v) is 5.32. The minimum absolute atomic E-state index is 0.0137. The lowest BCUT2D eigenvalue weighted by Crippen LogP contribution is -2.31. The quantitative estimate of drug-likeness (QED) is 0.817. The monoisotopic (exact) mass is 209 g/mol. The van der Waals surface area contributed by atoms with Crippen LogP contribution in [-0.2, 0) is 6.54 Å². The van der Waals surface area contributed by atoms with Crippen LogP contribution in [0.5, 0.6) is 0 Å². The Kier molecular flexibility index (Phi) is 3.34. The summed E-state index contributed by atoms with van der Waals surface area (Å²) in [7, 11) is 0. The van der Waals surface area contributed by atoms with E-state index in [-0.39, 0.29) is 12.6 Å². The van der Waals surface area contributed by atoms with E-state index in [0.29, 0.717) is 13.0 Å². The maximum absolute atomic E-state index is 13.2. The number of hydrogen-bond donors (Lipinski definition) is 1. The van der Waals surface area contributed by atoms with Gasteiger partial charge in [0.25, 0.3) is 0 Å². The molecule has 0 spiro atoms. The molecule has 0 saturated carbocycles. The van der Waals surface area contributed by atoms with Crippen LogP contribution in [0.2, 0.25) is 0 Å². The fourth-order valence-electron chi connectivity index (χ4n) is 2.12. The number of hydrogen-bond acceptors (Lipinski definition) is 2. The van der Waals surface area contributed by atoms with Gasteiger partial charge in [0.1, 0.15) is 6.17 Å². The van der Waals surface area contributed by atoms with Crippen LogP contribution in [0.1, 0.15) is 12.0 Å². The van der Waals surface area contributed by atoms with Gasteiger partial charge in [-0.1, -0.05) is 30.3 Å². The second kappa shape index (κ2) is 4.73. The molecule has 1 aromatic carbocycles. The van der Waals surface area contributed by atoms with Crippen LogP contribution >= 0.6 is 0 Å². The van der Waals surface area contributed by atoms with E-state index in [1.165, 1.54) is 5.56 Å². The first kappa shape index (κ1) is 10.6. The van der Waals surface area contributed by atoms with Crippen molar-refractivity contribution in [3.8, 4) is 0 Å². The summed E-state index contributed by atoms with van der Waals surface area (Å²) in [5.74, 6) is 0. The van der Waals surface area contributed by atoms with E-state index in [4.69, 9.17) is 5.11 Å². The lowest BCUT2D eigenvalue weighted by atomic mass is 10.2. The molecule has 0 bridgehead atoms. The Labute approximate surface area is 89.3 Å². The molecule has 1 aliphatic heterocycles. The summed E-state index contributed by atoms with van der Waals surface area (Å²) in [6, 6.07) is 9.97. The molecular weight excluding hydrogens is 193 g/mol. The molecule has 0 aliphatic carbocycles. The van der Waals surface area contributed by atoms with Crippen LogP contribution in [0.15, 0.2) is 30.3 Å². The van der Waals surface area contributed by atoms with E-state index in [0.717, 1.165) is 6.54 Å². The van der Waals surface area contributed by atoms with E-state index in [1.54, 1.807) is 0 Å². The first-order chi connectivity index (χ1) is 7.29. The van der Waals surface area contributed by atoms with E-state index in [2.05, 4.69) is 0 Å². The number of rotatable bonds is 3. The molecule has 2 atom stereocenters. The zero-order chi connectivity index (χ0) is 10.7. The Morgan fingerprint density at radius 1 is 1.33 bits per heavy atom. The summed E-state index contributed by atoms with van der Waals surface area (Å²) >= 11 is 0. The third kappa shape index (κ3) is 2.55. The number of aliphatic hydroxyl groups is 1. The van der Waals surface area contributed by atoms with Crippen LogP contribution < -0.4 is 0 Å². The van der Waals surface area contributed by atoms with Crippen LogP contribution in [0.4, 0.5) is 4.39 Å². The van der Waals surface area contributed by atoms with E-state index < -0.39 is 6.17 Å². The summed E-state index contributed by atoms with van der Waals surface area (Å²) in [5.41, 5.74) is 1.17. The summed E-state index contributed by atoms with van der Waals surface area (Å²) < 4.78 is 13.2. The van der Waals surface area contributed by atoms with Gasteiger partial charge in [0.05, 0.1) is 6.61 Å². The molecule has 1 aliphatic rings. The van der Waals surface area contributed by atoms with Gasteiger partial charge in [-0.25, -0.2) is 4.39 Å². The molecule has 1 heterocycles. The van der Waals surface area contributed by atoms with Crippen LogP contribution in [-0.4, -0.2) is 35.4 Å². The highest BCUT2D eigenvalue weighted by molar-refractivity contribution is 5.15. The number of likely N-dealkylation sites (tertiary alicyclic amines) is 1. The van der Waals surface area contributed by atoms with Crippen molar-refractivity contribution in [1.29, 1.82) is 0 Å². The molecule has 3 heteroatoms. The number of aliphatic hydroxyl groups excluding tert-OH is 1. The Balaban J connectivity index is 2.00. The third-order valence-corrected chi connectivity index (χ3v) is 2.92. The second-order valence-corrected chi connectivity index (χ2v) is 4.08. The van der Waals surface area contributed by atoms with Crippen molar-refractivity contribution < 1.29 is 9.50 Å². The van der Waals surface area contributed by atoms with Gasteiger partial charge in [-0.2, -0.15) is 0 Å². The van der Waals surface area contributed by atoms with Gasteiger partial charge in [-0.15, -0.1) is 0 Å². The number of nitrogens with zero attached hydrogens (tertiary/aromatic N) is 1. The lowest BCUT2D eigenvalue weighted by Gasteiger charge is -2.21. The highest BCUT2D eigenvalue weighted by Crippen LogP contribution is 2.22. The fraction of sp³-hybridized carbons (Fsp3) is 0.500. The fourth-order valence-corrected chi connectivity index (χ4v) is 2.12. The van der Waals surface area contributed by atoms with Gasteiger partial charge >= 0.3 is 0 Å². The van der Waals surface area contributed by atoms with Crippen LogP contribution in [0, 0.1) is 0 Å². The first-order valence-electron chi connectivity index (χ1n) is 5.32. The number of alkyl halides is 1. The second-order valence-electron chi connectivity index (χ2n) is 4.08. The minimum atomic E-state index is -0.786. The SMILES string of the molecule is OC[C@@H]1C[C@@H](F)CN1Cc1ccccc1. The van der Waals surface area contributed by atoms with Gasteiger partial charge in [-0.3, -0.25) is 4.90 Å². The van der Waals surface area contributed by atoms with Crippen molar-refractivity contribution in [1.82, 2.24) is 4.90 Å². The molecule has 1 saturated heterocycles. The van der Waals surface area contributed by atoms with Crippen LogP contribution in [0.25, 0.3) is 0 Å². The normalized spacial score (nSPS) is 27.1. The smallest absolute Gasteiger partial charge is 0.114 e. The largest absolute Gasteiger partial charge is 0.395 e. The molecular formula is C12H16FNO. The molecule has 1 fully saturated rings. The highest BCUT2D eigenvalue weighted by atomic mass is 19.1. The van der Waals surface area contributed by atoms with Crippen molar-refractivity contribution >= 4 is 0 Å². The van der Waals surface area contributed by atoms with Crippen molar-refractivity contribution in [3.63, 3.8) is 0 Å². The van der Waals surface area contributed by atoms with Crippen molar-refractivity contribution in [2.45, 2.75) is 25.2 Å². The number of benzene rings is 1. The van der Waals surface area contributed by atoms with Gasteiger partial charge in [0.2, 0.25) is 0 Å². The Hall–Kier alpha value is -0.930. The van der Waals surface area contributed by atoms with Gasteiger partial charge in [-0.05, 0) is 12.0 Å². The molecule has 0 unspecified atom stereocenters. The average Bonchev–Trinajstić information content (AvgIpc) is 2.60. The van der Waals surface area contributed by atoms with E-state index in [1.807, 2.05) is 35.2 Å². The van der Waals surface area contributed by atoms with Gasteiger partial charge in [0, 0.05) is 19.1 Å². The van der Waals surface area contributed by atoms with Crippen molar-refractivity contribution in [2.24, 2.45) is 0 Å². The highest BCUT2D eigenvalue weighted by Gasteiger charge is 2.31. The van der Waals surface area contributed by atoms with Crippen molar-refractivity contribution in [2.75, 3.05) is 13.2 Å². The average molecular weight is 209 g/mol.